The summed E-state index contributed by atoms with van der Waals surface area (Å²) < 4.78 is 5.29. The smallest absolute Gasteiger partial charge is 0.119 e. The second-order valence-electron chi connectivity index (χ2n) is 3.16. The Balaban J connectivity index is 2.55. The Labute approximate surface area is 89.5 Å². The molecule has 0 aliphatic heterocycles. The summed E-state index contributed by atoms with van der Waals surface area (Å²) in [5, 5.41) is 20.8. The lowest BCUT2D eigenvalue weighted by atomic mass is 10.2. The van der Waals surface area contributed by atoms with Crippen molar-refractivity contribution in [1.29, 1.82) is 0 Å². The molecule has 0 heterocycles. The van der Waals surface area contributed by atoms with Gasteiger partial charge in [-0.25, -0.2) is 0 Å². The number of aliphatic hydroxyl groups excluding tert-OH is 2. The van der Waals surface area contributed by atoms with Gasteiger partial charge in [0.05, 0.1) is 25.9 Å². The molecule has 0 atom stereocenters. The fraction of sp³-hybridized carbons (Fsp3) is 0.455. The predicted octanol–water partition coefficient (Wildman–Crippen LogP) is 0.850. The zero-order valence-corrected chi connectivity index (χ0v) is 8.81. The van der Waals surface area contributed by atoms with Gasteiger partial charge in [-0.05, 0) is 31.2 Å². The zero-order chi connectivity index (χ0) is 11.1. The first-order chi connectivity index (χ1) is 7.30. The number of rotatable bonds is 6. The molecule has 4 heteroatoms. The molecule has 0 spiro atoms. The number of benzene rings is 1. The standard InChI is InChI=1S/C11H17NO3/c1-2-15-11-5-3-9(4-6-11)12-10(7-13)8-14/h3-6,10,12-14H,2,7-8H2,1H3. The summed E-state index contributed by atoms with van der Waals surface area (Å²) in [6, 6.07) is 7.07. The van der Waals surface area contributed by atoms with Crippen LogP contribution in [-0.4, -0.2) is 36.1 Å². The van der Waals surface area contributed by atoms with Crippen LogP contribution in [-0.2, 0) is 0 Å². The average molecular weight is 211 g/mol. The van der Waals surface area contributed by atoms with Crippen molar-refractivity contribution >= 4 is 5.69 Å². The maximum Gasteiger partial charge on any atom is 0.119 e. The molecule has 0 saturated heterocycles. The van der Waals surface area contributed by atoms with E-state index in [-0.39, 0.29) is 19.3 Å². The Morgan fingerprint density at radius 1 is 1.20 bits per heavy atom. The third-order valence-electron chi connectivity index (χ3n) is 1.98. The number of nitrogens with one attached hydrogen (secondary N) is 1. The number of anilines is 1. The highest BCUT2D eigenvalue weighted by Gasteiger charge is 2.04. The molecule has 15 heavy (non-hydrogen) atoms. The molecule has 1 rings (SSSR count). The summed E-state index contributed by atoms with van der Waals surface area (Å²) in [5.41, 5.74) is 0.853. The summed E-state index contributed by atoms with van der Waals surface area (Å²) >= 11 is 0. The maximum absolute atomic E-state index is 8.88. The van der Waals surface area contributed by atoms with Crippen molar-refractivity contribution in [2.75, 3.05) is 25.1 Å². The molecule has 0 saturated carbocycles. The zero-order valence-electron chi connectivity index (χ0n) is 8.81. The molecule has 84 valence electrons. The number of ether oxygens (including phenoxy) is 1. The molecular formula is C11H17NO3. The van der Waals surface area contributed by atoms with Crippen molar-refractivity contribution in [1.82, 2.24) is 0 Å². The minimum atomic E-state index is -0.317. The largest absolute Gasteiger partial charge is 0.494 e. The fourth-order valence-electron chi connectivity index (χ4n) is 1.20. The Bertz CT molecular complexity index is 270. The van der Waals surface area contributed by atoms with E-state index in [0.29, 0.717) is 6.61 Å². The van der Waals surface area contributed by atoms with E-state index in [9.17, 15) is 0 Å². The van der Waals surface area contributed by atoms with E-state index in [4.69, 9.17) is 14.9 Å². The van der Waals surface area contributed by atoms with Gasteiger partial charge >= 0.3 is 0 Å². The van der Waals surface area contributed by atoms with Crippen LogP contribution in [0.3, 0.4) is 0 Å². The molecular weight excluding hydrogens is 194 g/mol. The Morgan fingerprint density at radius 3 is 2.27 bits per heavy atom. The van der Waals surface area contributed by atoms with Crippen LogP contribution in [0.2, 0.25) is 0 Å². The highest BCUT2D eigenvalue weighted by atomic mass is 16.5. The molecule has 0 amide bonds. The van der Waals surface area contributed by atoms with Crippen molar-refractivity contribution < 1.29 is 14.9 Å². The van der Waals surface area contributed by atoms with Gasteiger partial charge in [-0.15, -0.1) is 0 Å². The van der Waals surface area contributed by atoms with Gasteiger partial charge < -0.3 is 20.3 Å². The molecule has 1 aromatic rings. The van der Waals surface area contributed by atoms with Gasteiger partial charge in [-0.3, -0.25) is 0 Å². The van der Waals surface area contributed by atoms with Crippen LogP contribution < -0.4 is 10.1 Å². The lowest BCUT2D eigenvalue weighted by Crippen LogP contribution is -2.27. The summed E-state index contributed by atoms with van der Waals surface area (Å²) in [5.74, 6) is 0.813. The third-order valence-corrected chi connectivity index (χ3v) is 1.98. The summed E-state index contributed by atoms with van der Waals surface area (Å²) in [4.78, 5) is 0. The van der Waals surface area contributed by atoms with E-state index < -0.39 is 0 Å². The van der Waals surface area contributed by atoms with Crippen LogP contribution >= 0.6 is 0 Å². The molecule has 0 aliphatic carbocycles. The molecule has 0 fully saturated rings. The van der Waals surface area contributed by atoms with Crippen LogP contribution in [0.4, 0.5) is 5.69 Å². The van der Waals surface area contributed by atoms with E-state index in [1.165, 1.54) is 0 Å². The van der Waals surface area contributed by atoms with E-state index in [1.807, 2.05) is 31.2 Å². The first-order valence-electron chi connectivity index (χ1n) is 5.01. The lowest BCUT2D eigenvalue weighted by Gasteiger charge is -2.14. The molecule has 0 aromatic heterocycles. The van der Waals surface area contributed by atoms with Crippen molar-refractivity contribution in [2.45, 2.75) is 13.0 Å². The van der Waals surface area contributed by atoms with Crippen molar-refractivity contribution in [3.05, 3.63) is 24.3 Å². The second kappa shape index (κ2) is 6.27. The number of hydrogen-bond donors (Lipinski definition) is 3. The molecule has 0 aliphatic rings. The number of aliphatic hydroxyl groups is 2. The molecule has 0 bridgehead atoms. The summed E-state index contributed by atoms with van der Waals surface area (Å²) in [7, 11) is 0. The minimum Gasteiger partial charge on any atom is -0.494 e. The van der Waals surface area contributed by atoms with Gasteiger partial charge in [0.1, 0.15) is 5.75 Å². The fourth-order valence-corrected chi connectivity index (χ4v) is 1.20. The van der Waals surface area contributed by atoms with Gasteiger partial charge in [-0.2, -0.15) is 0 Å². The van der Waals surface area contributed by atoms with Crippen molar-refractivity contribution in [3.8, 4) is 5.75 Å². The third kappa shape index (κ3) is 3.77. The van der Waals surface area contributed by atoms with Crippen LogP contribution in [0.1, 0.15) is 6.92 Å². The van der Waals surface area contributed by atoms with Gasteiger partial charge in [0, 0.05) is 5.69 Å². The van der Waals surface area contributed by atoms with Gasteiger partial charge in [0.2, 0.25) is 0 Å². The lowest BCUT2D eigenvalue weighted by molar-refractivity contribution is 0.204. The Kier molecular flexibility index (Phi) is 4.93. The Morgan fingerprint density at radius 2 is 1.80 bits per heavy atom. The van der Waals surface area contributed by atoms with E-state index in [1.54, 1.807) is 0 Å². The summed E-state index contributed by atoms with van der Waals surface area (Å²) in [6.45, 7) is 2.38. The first-order valence-corrected chi connectivity index (χ1v) is 5.01. The molecule has 1 aromatic carbocycles. The molecule has 4 nitrogen and oxygen atoms in total. The number of hydrogen-bond acceptors (Lipinski definition) is 4. The van der Waals surface area contributed by atoms with Gasteiger partial charge in [0.25, 0.3) is 0 Å². The highest BCUT2D eigenvalue weighted by molar-refractivity contribution is 5.47. The molecule has 3 N–H and O–H groups in total. The van der Waals surface area contributed by atoms with Crippen molar-refractivity contribution in [2.24, 2.45) is 0 Å². The van der Waals surface area contributed by atoms with Crippen molar-refractivity contribution in [3.63, 3.8) is 0 Å². The average Bonchev–Trinajstić information content (AvgIpc) is 2.28. The summed E-state index contributed by atoms with van der Waals surface area (Å²) in [6.07, 6.45) is 0. The quantitative estimate of drug-likeness (QED) is 0.653. The van der Waals surface area contributed by atoms with Crippen LogP contribution in [0.5, 0.6) is 5.75 Å². The SMILES string of the molecule is CCOc1ccc(NC(CO)CO)cc1. The molecule has 0 radical (unpaired) electrons. The normalized spacial score (nSPS) is 10.4. The Hall–Kier alpha value is -1.26. The predicted molar refractivity (Wildman–Crippen MR) is 59.2 cm³/mol. The van der Waals surface area contributed by atoms with Crippen LogP contribution in [0, 0.1) is 0 Å². The van der Waals surface area contributed by atoms with E-state index >= 15 is 0 Å². The first kappa shape index (κ1) is 11.8. The van der Waals surface area contributed by atoms with Gasteiger partial charge in [0.15, 0.2) is 0 Å². The monoisotopic (exact) mass is 211 g/mol. The topological polar surface area (TPSA) is 61.7 Å². The second-order valence-corrected chi connectivity index (χ2v) is 3.16. The maximum atomic E-state index is 8.88. The van der Waals surface area contributed by atoms with E-state index in [2.05, 4.69) is 5.32 Å². The highest BCUT2D eigenvalue weighted by Crippen LogP contribution is 2.16. The minimum absolute atomic E-state index is 0.0935. The van der Waals surface area contributed by atoms with Crippen LogP contribution in [0.25, 0.3) is 0 Å². The van der Waals surface area contributed by atoms with Gasteiger partial charge in [-0.1, -0.05) is 0 Å². The van der Waals surface area contributed by atoms with E-state index in [0.717, 1.165) is 11.4 Å². The van der Waals surface area contributed by atoms with Crippen LogP contribution in [0.15, 0.2) is 24.3 Å². The molecule has 0 unspecified atom stereocenters.